The lowest BCUT2D eigenvalue weighted by Crippen LogP contribution is -2.48. The van der Waals surface area contributed by atoms with Gasteiger partial charge < -0.3 is 9.80 Å². The summed E-state index contributed by atoms with van der Waals surface area (Å²) in [4.78, 5) is 26.7. The molecule has 0 bridgehead atoms. The van der Waals surface area contributed by atoms with Crippen molar-refractivity contribution in [1.82, 2.24) is 4.90 Å². The molecule has 1 aliphatic heterocycles. The number of amides is 1. The first kappa shape index (κ1) is 17.3. The van der Waals surface area contributed by atoms with Gasteiger partial charge in [0.15, 0.2) is 0 Å². The number of carbonyl (C=O) groups excluding carboxylic acids is 1. The second-order valence-electron chi connectivity index (χ2n) is 5.68. The summed E-state index contributed by atoms with van der Waals surface area (Å²) in [7, 11) is 0. The molecule has 0 saturated carbocycles. The quantitative estimate of drug-likeness (QED) is 0.577. The van der Waals surface area contributed by atoms with E-state index in [2.05, 4.69) is 20.8 Å². The Morgan fingerprint density at radius 3 is 2.28 bits per heavy atom. The van der Waals surface area contributed by atoms with E-state index in [-0.39, 0.29) is 11.6 Å². The van der Waals surface area contributed by atoms with Crippen molar-refractivity contribution in [3.8, 4) is 0 Å². The Hall–Kier alpha value is -2.48. The Labute approximate surface area is 152 Å². The number of nitro groups is 1. The molecular weight excluding hydrogens is 393 g/mol. The predicted molar refractivity (Wildman–Crippen MR) is 95.3 cm³/mol. The molecule has 0 N–H and O–H groups in total. The van der Waals surface area contributed by atoms with Crippen molar-refractivity contribution in [3.05, 3.63) is 68.4 Å². The molecule has 0 radical (unpaired) electrons. The predicted octanol–water partition coefficient (Wildman–Crippen LogP) is 3.46. The van der Waals surface area contributed by atoms with Gasteiger partial charge in [0.2, 0.25) is 0 Å². The Bertz CT molecular complexity index is 805. The molecule has 8 heteroatoms. The maximum Gasteiger partial charge on any atom is 0.269 e. The first-order chi connectivity index (χ1) is 12.0. The highest BCUT2D eigenvalue weighted by molar-refractivity contribution is 9.10. The molecule has 0 aliphatic carbocycles. The van der Waals surface area contributed by atoms with Gasteiger partial charge in [-0.3, -0.25) is 14.9 Å². The first-order valence-electron chi connectivity index (χ1n) is 7.69. The van der Waals surface area contributed by atoms with Gasteiger partial charge in [0.05, 0.1) is 10.5 Å². The molecule has 1 amide bonds. The largest absolute Gasteiger partial charge is 0.368 e. The standard InChI is InChI=1S/C17H15BrFN3O3/c18-16-11-12(19)1-6-15(16)17(23)21-9-7-20(8-10-21)13-2-4-14(5-3-13)22(24)25/h1-6,11H,7-10H2. The summed E-state index contributed by atoms with van der Waals surface area (Å²) < 4.78 is 13.6. The molecule has 6 nitrogen and oxygen atoms in total. The van der Waals surface area contributed by atoms with Crippen LogP contribution in [0.1, 0.15) is 10.4 Å². The highest BCUT2D eigenvalue weighted by Gasteiger charge is 2.24. The van der Waals surface area contributed by atoms with Crippen molar-refractivity contribution in [3.63, 3.8) is 0 Å². The van der Waals surface area contributed by atoms with Crippen molar-refractivity contribution in [2.45, 2.75) is 0 Å². The molecule has 1 aliphatic rings. The topological polar surface area (TPSA) is 66.7 Å². The van der Waals surface area contributed by atoms with Crippen molar-refractivity contribution >= 4 is 33.2 Å². The van der Waals surface area contributed by atoms with Crippen molar-refractivity contribution in [2.75, 3.05) is 31.1 Å². The van der Waals surface area contributed by atoms with Gasteiger partial charge in [0.1, 0.15) is 5.82 Å². The lowest BCUT2D eigenvalue weighted by molar-refractivity contribution is -0.384. The van der Waals surface area contributed by atoms with Crippen LogP contribution < -0.4 is 4.90 Å². The zero-order chi connectivity index (χ0) is 18.0. The molecule has 3 rings (SSSR count). The van der Waals surface area contributed by atoms with E-state index in [1.54, 1.807) is 17.0 Å². The van der Waals surface area contributed by atoms with Gasteiger partial charge in [0.25, 0.3) is 11.6 Å². The average molecular weight is 408 g/mol. The Kier molecular flexibility index (Phi) is 4.98. The van der Waals surface area contributed by atoms with Gasteiger partial charge in [-0.25, -0.2) is 4.39 Å². The van der Waals surface area contributed by atoms with Crippen molar-refractivity contribution < 1.29 is 14.1 Å². The molecule has 1 fully saturated rings. The third-order valence-corrected chi connectivity index (χ3v) is 4.81. The second-order valence-corrected chi connectivity index (χ2v) is 6.53. The number of benzene rings is 2. The van der Waals surface area contributed by atoms with E-state index in [0.29, 0.717) is 36.2 Å². The first-order valence-corrected chi connectivity index (χ1v) is 8.49. The minimum Gasteiger partial charge on any atom is -0.368 e. The van der Waals surface area contributed by atoms with Crippen LogP contribution in [-0.4, -0.2) is 41.9 Å². The summed E-state index contributed by atoms with van der Waals surface area (Å²) >= 11 is 3.23. The fourth-order valence-electron chi connectivity index (χ4n) is 2.79. The molecule has 0 aromatic heterocycles. The SMILES string of the molecule is O=C(c1ccc(F)cc1Br)N1CCN(c2ccc([N+](=O)[O-])cc2)CC1. The van der Waals surface area contributed by atoms with Gasteiger partial charge in [-0.1, -0.05) is 0 Å². The number of carbonyl (C=O) groups is 1. The van der Waals surface area contributed by atoms with Crippen molar-refractivity contribution in [2.24, 2.45) is 0 Å². The minimum absolute atomic E-state index is 0.0544. The lowest BCUT2D eigenvalue weighted by atomic mass is 10.1. The van der Waals surface area contributed by atoms with E-state index in [1.165, 1.54) is 30.3 Å². The number of rotatable bonds is 3. The smallest absolute Gasteiger partial charge is 0.269 e. The normalized spacial score (nSPS) is 14.5. The number of halogens is 2. The fraction of sp³-hybridized carbons (Fsp3) is 0.235. The molecule has 1 heterocycles. The second kappa shape index (κ2) is 7.18. The molecular formula is C17H15BrFN3O3. The van der Waals surface area contributed by atoms with Crippen LogP contribution in [0.15, 0.2) is 46.9 Å². The molecule has 1 saturated heterocycles. The average Bonchev–Trinajstić information content (AvgIpc) is 2.61. The molecule has 0 atom stereocenters. The number of nitro benzene ring substituents is 1. The van der Waals surface area contributed by atoms with Crippen LogP contribution in [-0.2, 0) is 0 Å². The van der Waals surface area contributed by atoms with Gasteiger partial charge in [-0.05, 0) is 46.3 Å². The van der Waals surface area contributed by atoms with E-state index in [4.69, 9.17) is 0 Å². The summed E-state index contributed by atoms with van der Waals surface area (Å²) in [5.74, 6) is -0.540. The van der Waals surface area contributed by atoms with Crippen molar-refractivity contribution in [1.29, 1.82) is 0 Å². The lowest BCUT2D eigenvalue weighted by Gasteiger charge is -2.36. The molecule has 0 unspecified atom stereocenters. The van der Waals surface area contributed by atoms with Crippen LogP contribution in [0.3, 0.4) is 0 Å². The highest BCUT2D eigenvalue weighted by Crippen LogP contribution is 2.23. The number of hydrogen-bond donors (Lipinski definition) is 0. The third-order valence-electron chi connectivity index (χ3n) is 4.15. The summed E-state index contributed by atoms with van der Waals surface area (Å²) in [5.41, 5.74) is 1.38. The summed E-state index contributed by atoms with van der Waals surface area (Å²) in [6, 6.07) is 10.4. The van der Waals surface area contributed by atoms with E-state index in [0.717, 1.165) is 5.69 Å². The van der Waals surface area contributed by atoms with Crippen LogP contribution in [0.2, 0.25) is 0 Å². The van der Waals surface area contributed by atoms with E-state index in [1.807, 2.05) is 0 Å². The van der Waals surface area contributed by atoms with Crippen LogP contribution >= 0.6 is 15.9 Å². The minimum atomic E-state index is -0.430. The summed E-state index contributed by atoms with van der Waals surface area (Å²) in [6.07, 6.45) is 0. The van der Waals surface area contributed by atoms with Gasteiger partial charge in [0, 0.05) is 48.5 Å². The number of nitrogens with zero attached hydrogens (tertiary/aromatic N) is 3. The van der Waals surface area contributed by atoms with Crippen LogP contribution in [0, 0.1) is 15.9 Å². The fourth-order valence-corrected chi connectivity index (χ4v) is 3.31. The maximum absolute atomic E-state index is 13.2. The maximum atomic E-state index is 13.2. The van der Waals surface area contributed by atoms with Crippen LogP contribution in [0.25, 0.3) is 0 Å². The van der Waals surface area contributed by atoms with E-state index >= 15 is 0 Å². The van der Waals surface area contributed by atoms with E-state index < -0.39 is 10.7 Å². The Balaban J connectivity index is 1.65. The monoisotopic (exact) mass is 407 g/mol. The zero-order valence-corrected chi connectivity index (χ0v) is 14.8. The molecule has 0 spiro atoms. The zero-order valence-electron chi connectivity index (χ0n) is 13.2. The Morgan fingerprint density at radius 1 is 1.08 bits per heavy atom. The Morgan fingerprint density at radius 2 is 1.72 bits per heavy atom. The van der Waals surface area contributed by atoms with Gasteiger partial charge in [-0.2, -0.15) is 0 Å². The highest BCUT2D eigenvalue weighted by atomic mass is 79.9. The summed E-state index contributed by atoms with van der Waals surface area (Å²) in [5, 5.41) is 10.7. The van der Waals surface area contributed by atoms with Gasteiger partial charge in [-0.15, -0.1) is 0 Å². The molecule has 2 aromatic carbocycles. The molecule has 25 heavy (non-hydrogen) atoms. The third kappa shape index (κ3) is 3.79. The van der Waals surface area contributed by atoms with Crippen LogP contribution in [0.4, 0.5) is 15.8 Å². The molecule has 130 valence electrons. The molecule has 2 aromatic rings. The number of anilines is 1. The number of non-ortho nitro benzene ring substituents is 1. The van der Waals surface area contributed by atoms with Crippen LogP contribution in [0.5, 0.6) is 0 Å². The number of piperazine rings is 1. The van der Waals surface area contributed by atoms with E-state index in [9.17, 15) is 19.3 Å². The number of hydrogen-bond acceptors (Lipinski definition) is 4. The summed E-state index contributed by atoms with van der Waals surface area (Å²) in [6.45, 7) is 2.31. The van der Waals surface area contributed by atoms with Gasteiger partial charge >= 0.3 is 0 Å².